The second-order valence-corrected chi connectivity index (χ2v) is 13.1. The van der Waals surface area contributed by atoms with Crippen molar-refractivity contribution in [2.45, 2.75) is 66.9 Å². The van der Waals surface area contributed by atoms with Gasteiger partial charge in [0.1, 0.15) is 18.0 Å². The molecule has 4 fully saturated rings. The van der Waals surface area contributed by atoms with Crippen molar-refractivity contribution >= 4 is 40.5 Å². The van der Waals surface area contributed by atoms with Crippen molar-refractivity contribution in [3.8, 4) is 10.7 Å². The highest BCUT2D eigenvalue weighted by atomic mass is 32.2. The summed E-state index contributed by atoms with van der Waals surface area (Å²) in [6.07, 6.45) is 4.29. The molecule has 3 aromatic rings. The molecule has 40 heavy (non-hydrogen) atoms. The predicted molar refractivity (Wildman–Crippen MR) is 146 cm³/mol. The van der Waals surface area contributed by atoms with E-state index in [1.807, 2.05) is 15.5 Å². The molecule has 0 bridgehead atoms. The van der Waals surface area contributed by atoms with E-state index in [0.717, 1.165) is 71.8 Å². The number of nitrogens with zero attached hydrogens (tertiary/aromatic N) is 6. The first-order chi connectivity index (χ1) is 19.4. The van der Waals surface area contributed by atoms with Crippen LogP contribution >= 0.6 is 23.3 Å². The minimum absolute atomic E-state index is 0.0551. The summed E-state index contributed by atoms with van der Waals surface area (Å²) in [4.78, 5) is 23.0. The van der Waals surface area contributed by atoms with Crippen LogP contribution in [0.1, 0.15) is 61.6 Å². The van der Waals surface area contributed by atoms with Crippen LogP contribution in [0.5, 0.6) is 0 Å². The van der Waals surface area contributed by atoms with E-state index < -0.39 is 24.2 Å². The number of imidazole rings is 1. The minimum atomic E-state index is -2.69. The molecule has 0 radical (unpaired) electrons. The van der Waals surface area contributed by atoms with Crippen molar-refractivity contribution in [2.24, 2.45) is 0 Å². The number of carbonyl (C=O) groups excluding carboxylic acids is 1. The van der Waals surface area contributed by atoms with Crippen molar-refractivity contribution < 1.29 is 22.7 Å². The van der Waals surface area contributed by atoms with Gasteiger partial charge in [0.25, 0.3) is 12.3 Å². The number of fused-ring (bicyclic) bond motifs is 1. The highest BCUT2D eigenvalue weighted by molar-refractivity contribution is 7.97. The quantitative estimate of drug-likeness (QED) is 0.342. The fourth-order valence-electron chi connectivity index (χ4n) is 5.32. The van der Waals surface area contributed by atoms with Crippen molar-refractivity contribution in [1.29, 1.82) is 0 Å². The maximum Gasteiger partial charge on any atom is 0.291 e. The maximum absolute atomic E-state index is 13.6. The standard InChI is InChI=1S/C26H30F3N7O2S2/c1-38-26(6-7-26)24(37)35-10-8-34(9-11-35)17-12-16(40-33-25(14-27)4-5-25)13-36-19(18(15-2-3-15)30-21(17)36)22-31-32-23(39-22)20(28)29/h12-13,15,20,33H,2-11,14H2,1H3. The van der Waals surface area contributed by atoms with Crippen LogP contribution in [0.4, 0.5) is 18.9 Å². The van der Waals surface area contributed by atoms with E-state index >= 15 is 0 Å². The molecule has 9 nitrogen and oxygen atoms in total. The number of hydrogen-bond donors (Lipinski definition) is 1. The zero-order chi connectivity index (χ0) is 27.6. The lowest BCUT2D eigenvalue weighted by Crippen LogP contribution is -2.52. The van der Waals surface area contributed by atoms with Crippen LogP contribution in [0.3, 0.4) is 0 Å². The summed E-state index contributed by atoms with van der Waals surface area (Å²) in [5.74, 6) is 0.301. The second kappa shape index (κ2) is 9.85. The summed E-state index contributed by atoms with van der Waals surface area (Å²) in [6.45, 7) is 1.93. The molecule has 0 aromatic carbocycles. The van der Waals surface area contributed by atoms with Crippen LogP contribution in [0.2, 0.25) is 0 Å². The van der Waals surface area contributed by atoms with Gasteiger partial charge in [-0.15, -0.1) is 10.2 Å². The lowest BCUT2D eigenvalue weighted by atomic mass is 10.2. The number of methoxy groups -OCH3 is 1. The Hall–Kier alpha value is -2.42. The molecule has 7 rings (SSSR count). The molecular weight excluding hydrogens is 563 g/mol. The van der Waals surface area contributed by atoms with Crippen molar-refractivity contribution in [3.05, 3.63) is 23.0 Å². The first-order valence-electron chi connectivity index (χ1n) is 13.6. The largest absolute Gasteiger partial charge is 0.368 e. The summed E-state index contributed by atoms with van der Waals surface area (Å²) in [7, 11) is 1.60. The van der Waals surface area contributed by atoms with Crippen molar-refractivity contribution in [2.75, 3.05) is 44.9 Å². The second-order valence-electron chi connectivity index (χ2n) is 11.2. The van der Waals surface area contributed by atoms with E-state index in [1.54, 1.807) is 7.11 Å². The van der Waals surface area contributed by atoms with Gasteiger partial charge in [0.15, 0.2) is 15.7 Å². The third-order valence-electron chi connectivity index (χ3n) is 8.38. The van der Waals surface area contributed by atoms with Crippen molar-refractivity contribution in [1.82, 2.24) is 29.2 Å². The lowest BCUT2D eigenvalue weighted by molar-refractivity contribution is -0.144. The average molecular weight is 594 g/mol. The van der Waals surface area contributed by atoms with Crippen LogP contribution < -0.4 is 9.62 Å². The first kappa shape index (κ1) is 26.5. The van der Waals surface area contributed by atoms with Gasteiger partial charge >= 0.3 is 0 Å². The Labute approximate surface area is 237 Å². The molecule has 0 unspecified atom stereocenters. The highest BCUT2D eigenvalue weighted by Gasteiger charge is 2.52. The number of anilines is 1. The molecule has 3 saturated carbocycles. The summed E-state index contributed by atoms with van der Waals surface area (Å²) >= 11 is 2.27. The maximum atomic E-state index is 13.6. The van der Waals surface area contributed by atoms with E-state index in [4.69, 9.17) is 9.72 Å². The van der Waals surface area contributed by atoms with Crippen LogP contribution in [0.15, 0.2) is 17.2 Å². The van der Waals surface area contributed by atoms with Gasteiger partial charge in [0, 0.05) is 50.3 Å². The van der Waals surface area contributed by atoms with Gasteiger partial charge in [0.05, 0.1) is 16.9 Å². The Kier molecular flexibility index (Phi) is 6.52. The molecule has 214 valence electrons. The molecule has 1 amide bonds. The molecule has 0 atom stereocenters. The Morgan fingerprint density at radius 1 is 1.20 bits per heavy atom. The first-order valence-corrected chi connectivity index (χ1v) is 15.3. The van der Waals surface area contributed by atoms with Gasteiger partial charge in [-0.25, -0.2) is 18.2 Å². The Bertz CT molecular complexity index is 1440. The van der Waals surface area contributed by atoms with E-state index in [9.17, 15) is 18.0 Å². The summed E-state index contributed by atoms with van der Waals surface area (Å²) in [5, 5.41) is 7.97. The summed E-state index contributed by atoms with van der Waals surface area (Å²) in [5.41, 5.74) is 2.01. The molecule has 3 aliphatic carbocycles. The summed E-state index contributed by atoms with van der Waals surface area (Å²) < 4.78 is 51.2. The van der Waals surface area contributed by atoms with E-state index in [-0.39, 0.29) is 16.8 Å². The zero-order valence-electron chi connectivity index (χ0n) is 22.0. The third-order valence-corrected chi connectivity index (χ3v) is 10.3. The number of ether oxygens (including phenoxy) is 1. The Morgan fingerprint density at radius 2 is 1.95 bits per heavy atom. The molecule has 1 N–H and O–H groups in total. The molecule has 1 aliphatic heterocycles. The van der Waals surface area contributed by atoms with Gasteiger partial charge in [-0.3, -0.25) is 13.9 Å². The molecule has 14 heteroatoms. The molecule has 4 heterocycles. The predicted octanol–water partition coefficient (Wildman–Crippen LogP) is 4.59. The van der Waals surface area contributed by atoms with Gasteiger partial charge < -0.3 is 14.5 Å². The van der Waals surface area contributed by atoms with Gasteiger partial charge in [-0.2, -0.15) is 0 Å². The number of halogens is 3. The third kappa shape index (κ3) is 4.66. The van der Waals surface area contributed by atoms with Gasteiger partial charge in [0.2, 0.25) is 0 Å². The van der Waals surface area contributed by atoms with Crippen molar-refractivity contribution in [3.63, 3.8) is 0 Å². The number of piperazine rings is 1. The van der Waals surface area contributed by atoms with Crippen LogP contribution in [0.25, 0.3) is 16.3 Å². The number of rotatable bonds is 10. The minimum Gasteiger partial charge on any atom is -0.368 e. The van der Waals surface area contributed by atoms with Gasteiger partial charge in [-0.1, -0.05) is 11.3 Å². The molecule has 1 saturated heterocycles. The van der Waals surface area contributed by atoms with Crippen LogP contribution in [0, 0.1) is 0 Å². The normalized spacial score (nSPS) is 21.4. The summed E-state index contributed by atoms with van der Waals surface area (Å²) in [6, 6.07) is 2.05. The highest BCUT2D eigenvalue weighted by Crippen LogP contribution is 2.47. The monoisotopic (exact) mass is 593 g/mol. The topological polar surface area (TPSA) is 87.9 Å². The van der Waals surface area contributed by atoms with Gasteiger partial charge in [-0.05, 0) is 56.5 Å². The lowest BCUT2D eigenvalue weighted by Gasteiger charge is -2.37. The fourth-order valence-corrected chi connectivity index (χ4v) is 6.99. The number of hydrogen-bond acceptors (Lipinski definition) is 9. The molecular formula is C26H30F3N7O2S2. The van der Waals surface area contributed by atoms with E-state index in [1.165, 1.54) is 11.9 Å². The van der Waals surface area contributed by atoms with Crippen LogP contribution in [-0.4, -0.2) is 81.5 Å². The number of pyridine rings is 1. The Morgan fingerprint density at radius 3 is 2.52 bits per heavy atom. The molecule has 0 spiro atoms. The van der Waals surface area contributed by atoms with Crippen LogP contribution in [-0.2, 0) is 9.53 Å². The smallest absolute Gasteiger partial charge is 0.291 e. The number of nitrogens with one attached hydrogen (secondary N) is 1. The SMILES string of the molecule is COC1(C(=O)N2CCN(c3cc(SNC4(CF)CC4)cn4c(-c5nnc(C(F)F)s5)c(C5CC5)nc34)CC2)CC1. The number of carbonyl (C=O) groups is 1. The number of aromatic nitrogens is 4. The Balaban J connectivity index is 1.26. The molecule has 3 aromatic heterocycles. The fraction of sp³-hybridized carbons (Fsp3) is 0.615. The number of alkyl halides is 3. The molecule has 4 aliphatic rings. The van der Waals surface area contributed by atoms with E-state index in [2.05, 4.69) is 25.9 Å². The number of amides is 1. The van der Waals surface area contributed by atoms with E-state index in [0.29, 0.717) is 36.9 Å². The average Bonchev–Trinajstić information content (AvgIpc) is 3.91. The zero-order valence-corrected chi connectivity index (χ0v) is 23.7.